The van der Waals surface area contributed by atoms with E-state index < -0.39 is 5.97 Å². The van der Waals surface area contributed by atoms with Gasteiger partial charge in [-0.05, 0) is 6.26 Å². The molecule has 0 rings (SSSR count). The van der Waals surface area contributed by atoms with E-state index in [9.17, 15) is 4.79 Å². The number of carboxylic acids is 1. The summed E-state index contributed by atoms with van der Waals surface area (Å²) in [6.07, 6.45) is 1.76. The number of rotatable bonds is 2. The van der Waals surface area contributed by atoms with E-state index in [1.165, 1.54) is 11.8 Å². The predicted octanol–water partition coefficient (Wildman–Crippen LogP) is -0.482. The third-order valence-electron chi connectivity index (χ3n) is 0.268. The van der Waals surface area contributed by atoms with Gasteiger partial charge in [-0.25, -0.2) is 0 Å². The van der Waals surface area contributed by atoms with Crippen LogP contribution in [0.5, 0.6) is 0 Å². The number of hydrogen-bond acceptors (Lipinski definition) is 2. The van der Waals surface area contributed by atoms with Crippen molar-refractivity contribution in [1.29, 1.82) is 0 Å². The molecule has 0 aliphatic carbocycles. The first-order valence-electron chi connectivity index (χ1n) is 1.48. The van der Waals surface area contributed by atoms with E-state index in [1.807, 2.05) is 0 Å². The van der Waals surface area contributed by atoms with E-state index in [-0.39, 0.29) is 43.5 Å². The van der Waals surface area contributed by atoms with E-state index in [0.29, 0.717) is 0 Å². The molecule has 0 saturated heterocycles. The molecule has 0 unspecified atom stereocenters. The maximum absolute atomic E-state index is 9.58. The second-order valence-corrected chi connectivity index (χ2v) is 1.69. The fourth-order valence-corrected chi connectivity index (χ4v) is 0.370. The van der Waals surface area contributed by atoms with Gasteiger partial charge >= 0.3 is 43.7 Å². The summed E-state index contributed by atoms with van der Waals surface area (Å²) in [7, 11) is 0. The summed E-state index contributed by atoms with van der Waals surface area (Å²) in [5, 5.41) is 7.89. The molecule has 0 bridgehead atoms. The molecular weight excluding hydrogens is 140 g/mol. The second-order valence-electron chi connectivity index (χ2n) is 0.827. The Morgan fingerprint density at radius 3 is 2.29 bits per heavy atom. The van der Waals surface area contributed by atoms with Gasteiger partial charge in [0.25, 0.3) is 0 Å². The average molecular weight is 148 g/mol. The van der Waals surface area contributed by atoms with Crippen molar-refractivity contribution < 1.29 is 9.90 Å². The molecule has 0 saturated carbocycles. The van der Waals surface area contributed by atoms with Crippen LogP contribution in [0.1, 0.15) is 0 Å². The molecule has 0 aromatic carbocycles. The molecule has 1 N–H and O–H groups in total. The van der Waals surface area contributed by atoms with Gasteiger partial charge in [-0.2, -0.15) is 11.8 Å². The molecule has 0 spiro atoms. The summed E-state index contributed by atoms with van der Waals surface area (Å²) in [6.45, 7) is 0. The second kappa shape index (κ2) is 7.08. The molecule has 0 amide bonds. The Hall–Kier alpha value is 1.08. The van der Waals surface area contributed by atoms with Gasteiger partial charge in [0.15, 0.2) is 0 Å². The first-order chi connectivity index (χ1) is 2.77. The van der Waals surface area contributed by atoms with Crippen LogP contribution in [0.25, 0.3) is 0 Å². The van der Waals surface area contributed by atoms with E-state index >= 15 is 0 Å². The van der Waals surface area contributed by atoms with Gasteiger partial charge < -0.3 is 5.11 Å². The Morgan fingerprint density at radius 2 is 2.29 bits per heavy atom. The zero-order chi connectivity index (χ0) is 4.99. The van der Waals surface area contributed by atoms with Crippen LogP contribution in [0, 0.1) is 0 Å². The van der Waals surface area contributed by atoms with E-state index in [1.54, 1.807) is 6.26 Å². The molecule has 0 radical (unpaired) electrons. The van der Waals surface area contributed by atoms with Gasteiger partial charge in [0, 0.05) is 0 Å². The average Bonchev–Trinajstić information content (AvgIpc) is 1.35. The van der Waals surface area contributed by atoms with Crippen molar-refractivity contribution in [2.24, 2.45) is 0 Å². The van der Waals surface area contributed by atoms with Gasteiger partial charge in [-0.3, -0.25) is 4.79 Å². The van der Waals surface area contributed by atoms with Crippen molar-refractivity contribution in [1.82, 2.24) is 0 Å². The normalized spacial score (nSPS) is 7.00. The summed E-state index contributed by atoms with van der Waals surface area (Å²) < 4.78 is 0. The zero-order valence-corrected chi connectivity index (χ0v) is 4.29. The van der Waals surface area contributed by atoms with Crippen LogP contribution >= 0.6 is 11.8 Å². The van der Waals surface area contributed by atoms with E-state index in [2.05, 4.69) is 0 Å². The number of carboxylic acid groups (broad SMARTS) is 1. The Balaban J connectivity index is 0. The molecule has 0 atom stereocenters. The molecular formula is C3H8CaO2S. The molecule has 0 aromatic heterocycles. The van der Waals surface area contributed by atoms with Crippen molar-refractivity contribution in [3.63, 3.8) is 0 Å². The van der Waals surface area contributed by atoms with Crippen molar-refractivity contribution in [3.8, 4) is 0 Å². The number of aliphatic carboxylic acids is 1. The Bertz CT molecular complexity index is 56.9. The third kappa shape index (κ3) is 11.0. The molecule has 4 heteroatoms. The van der Waals surface area contributed by atoms with Gasteiger partial charge in [-0.15, -0.1) is 0 Å². The van der Waals surface area contributed by atoms with Crippen LogP contribution in [-0.4, -0.2) is 60.8 Å². The van der Waals surface area contributed by atoms with E-state index in [0.717, 1.165) is 0 Å². The molecule has 0 fully saturated rings. The standard InChI is InChI=1S/C3H6O2S.Ca.2H/c1-6-2-3(4)5;;;/h2H2,1H3,(H,4,5);;;. The van der Waals surface area contributed by atoms with Crippen LogP contribution in [0.15, 0.2) is 0 Å². The maximum atomic E-state index is 9.58. The summed E-state index contributed by atoms with van der Waals surface area (Å²) in [5.74, 6) is -0.539. The van der Waals surface area contributed by atoms with Crippen molar-refractivity contribution in [2.75, 3.05) is 12.0 Å². The van der Waals surface area contributed by atoms with Gasteiger partial charge in [0.2, 0.25) is 0 Å². The minimum atomic E-state index is -0.748. The van der Waals surface area contributed by atoms with Crippen LogP contribution in [-0.2, 0) is 4.79 Å². The molecule has 0 heterocycles. The summed E-state index contributed by atoms with van der Waals surface area (Å²) >= 11 is 1.31. The topological polar surface area (TPSA) is 37.3 Å². The van der Waals surface area contributed by atoms with Crippen LogP contribution in [0.4, 0.5) is 0 Å². The fourth-order valence-electron chi connectivity index (χ4n) is 0.123. The molecule has 7 heavy (non-hydrogen) atoms. The SMILES string of the molecule is CSCC(=O)O.[CaH2]. The Kier molecular flexibility index (Phi) is 11.1. The van der Waals surface area contributed by atoms with Crippen molar-refractivity contribution >= 4 is 55.5 Å². The first-order valence-corrected chi connectivity index (χ1v) is 2.87. The van der Waals surface area contributed by atoms with Gasteiger partial charge in [-0.1, -0.05) is 0 Å². The zero-order valence-electron chi connectivity index (χ0n) is 3.47. The monoisotopic (exact) mass is 148 g/mol. The number of carbonyl (C=O) groups is 1. The molecule has 0 aromatic rings. The Morgan fingerprint density at radius 1 is 1.86 bits per heavy atom. The Labute approximate surface area is 76.7 Å². The molecule has 2 nitrogen and oxygen atoms in total. The quantitative estimate of drug-likeness (QED) is 0.537. The molecule has 0 aliphatic heterocycles. The molecule has 0 aliphatic rings. The van der Waals surface area contributed by atoms with Crippen LogP contribution < -0.4 is 0 Å². The number of hydrogen-bond donors (Lipinski definition) is 1. The van der Waals surface area contributed by atoms with Crippen LogP contribution in [0.2, 0.25) is 0 Å². The van der Waals surface area contributed by atoms with Gasteiger partial charge in [0.1, 0.15) is 0 Å². The van der Waals surface area contributed by atoms with Crippen molar-refractivity contribution in [2.45, 2.75) is 0 Å². The minimum absolute atomic E-state index is 0. The van der Waals surface area contributed by atoms with Crippen molar-refractivity contribution in [3.05, 3.63) is 0 Å². The predicted molar refractivity (Wildman–Crippen MR) is 34.6 cm³/mol. The molecule has 40 valence electrons. The fraction of sp³-hybridized carbons (Fsp3) is 0.667. The van der Waals surface area contributed by atoms with Crippen LogP contribution in [0.3, 0.4) is 0 Å². The summed E-state index contributed by atoms with van der Waals surface area (Å²) in [6, 6.07) is 0. The summed E-state index contributed by atoms with van der Waals surface area (Å²) in [4.78, 5) is 9.58. The third-order valence-corrected chi connectivity index (χ3v) is 0.803. The van der Waals surface area contributed by atoms with Gasteiger partial charge in [0.05, 0.1) is 5.75 Å². The first kappa shape index (κ1) is 11.0. The number of thioether (sulfide) groups is 1. The summed E-state index contributed by atoms with van der Waals surface area (Å²) in [5.41, 5.74) is 0. The van der Waals surface area contributed by atoms with E-state index in [4.69, 9.17) is 5.11 Å².